The molecule has 1 rings (SSSR count). The standard InChI is InChI=1S/C26H36ClN3O/c1-5-11-25(21(3)18-22(19-28)12-10-16-27)26(29-4)23(6-2)15-17-30(20-31)24-13-8-7-9-14-24/h6,10-12,15-17,19-20,24,28H,3,5,7-9,13-14,18H2,1-2,4H3/b16-10+,17-15-,22-12-,23-6+,25-11-,28-19?,29-26?. The summed E-state index contributed by atoms with van der Waals surface area (Å²) in [6.07, 6.45) is 20.8. The molecule has 1 amide bonds. The minimum Gasteiger partial charge on any atom is -0.319 e. The van der Waals surface area contributed by atoms with Crippen molar-refractivity contribution in [2.24, 2.45) is 4.99 Å². The average Bonchev–Trinajstić information content (AvgIpc) is 2.80. The van der Waals surface area contributed by atoms with Crippen molar-refractivity contribution in [2.45, 2.75) is 64.8 Å². The Kier molecular flexibility index (Phi) is 13.2. The minimum absolute atomic E-state index is 0.276. The van der Waals surface area contributed by atoms with Gasteiger partial charge in [0.2, 0.25) is 6.41 Å². The fraction of sp³-hybridized carbons (Fsp3) is 0.423. The molecule has 0 aromatic rings. The van der Waals surface area contributed by atoms with Crippen molar-refractivity contribution < 1.29 is 4.79 Å². The van der Waals surface area contributed by atoms with Crippen molar-refractivity contribution >= 4 is 29.9 Å². The average molecular weight is 442 g/mol. The first-order valence-corrected chi connectivity index (χ1v) is 11.4. The molecule has 1 aliphatic carbocycles. The molecule has 0 aromatic carbocycles. The number of nitrogens with zero attached hydrogens (tertiary/aromatic N) is 2. The van der Waals surface area contributed by atoms with Crippen LogP contribution in [0.5, 0.6) is 0 Å². The second-order valence-electron chi connectivity index (χ2n) is 7.49. The monoisotopic (exact) mass is 441 g/mol. The number of halogens is 1. The lowest BCUT2D eigenvalue weighted by Gasteiger charge is -2.28. The molecule has 1 aliphatic rings. The van der Waals surface area contributed by atoms with Crippen LogP contribution in [0, 0.1) is 5.41 Å². The number of carbonyl (C=O) groups excluding carboxylic acids is 1. The molecular weight excluding hydrogens is 406 g/mol. The molecule has 0 bridgehead atoms. The molecule has 1 fully saturated rings. The zero-order chi connectivity index (χ0) is 23.1. The molecule has 1 saturated carbocycles. The van der Waals surface area contributed by atoms with Gasteiger partial charge in [0, 0.05) is 31.0 Å². The van der Waals surface area contributed by atoms with E-state index in [0.29, 0.717) is 6.42 Å². The van der Waals surface area contributed by atoms with Gasteiger partial charge in [-0.2, -0.15) is 0 Å². The van der Waals surface area contributed by atoms with Crippen molar-refractivity contribution in [3.63, 3.8) is 0 Å². The summed E-state index contributed by atoms with van der Waals surface area (Å²) in [6, 6.07) is 0.276. The van der Waals surface area contributed by atoms with E-state index in [2.05, 4.69) is 24.6 Å². The van der Waals surface area contributed by atoms with Crippen LogP contribution >= 0.6 is 11.6 Å². The van der Waals surface area contributed by atoms with Crippen molar-refractivity contribution in [2.75, 3.05) is 7.05 Å². The Bertz CT molecular complexity index is 793. The summed E-state index contributed by atoms with van der Waals surface area (Å²) >= 11 is 5.62. The first-order chi connectivity index (χ1) is 15.1. The Morgan fingerprint density at radius 1 is 1.29 bits per heavy atom. The normalized spacial score (nSPS) is 17.4. The maximum absolute atomic E-state index is 11.7. The van der Waals surface area contributed by atoms with Crippen LogP contribution in [-0.4, -0.2) is 36.3 Å². The summed E-state index contributed by atoms with van der Waals surface area (Å²) in [5.74, 6) is 0. The van der Waals surface area contributed by atoms with Crippen LogP contribution in [0.1, 0.15) is 58.8 Å². The van der Waals surface area contributed by atoms with Crippen molar-refractivity contribution in [1.82, 2.24) is 4.90 Å². The van der Waals surface area contributed by atoms with Crippen molar-refractivity contribution in [3.05, 3.63) is 71.0 Å². The van der Waals surface area contributed by atoms with Gasteiger partial charge in [-0.1, -0.05) is 68.7 Å². The van der Waals surface area contributed by atoms with Crippen LogP contribution in [0.4, 0.5) is 0 Å². The van der Waals surface area contributed by atoms with E-state index in [4.69, 9.17) is 17.0 Å². The number of hydrogen-bond donors (Lipinski definition) is 1. The fourth-order valence-corrected chi connectivity index (χ4v) is 3.85. The van der Waals surface area contributed by atoms with E-state index >= 15 is 0 Å². The van der Waals surface area contributed by atoms with Crippen LogP contribution in [0.3, 0.4) is 0 Å². The summed E-state index contributed by atoms with van der Waals surface area (Å²) in [5.41, 5.74) is 5.83. The molecule has 4 nitrogen and oxygen atoms in total. The molecule has 0 aliphatic heterocycles. The fourth-order valence-electron chi connectivity index (χ4n) is 3.78. The first kappa shape index (κ1) is 26.6. The molecule has 0 saturated heterocycles. The molecule has 0 aromatic heterocycles. The SMILES string of the molecule is C=C(C/C(C=N)=C/C=C/Cl)/C(=C/CC)C(=NC)C(/C=C\N(C=O)C1CCCCC1)=C/C. The third kappa shape index (κ3) is 8.66. The molecule has 0 atom stereocenters. The van der Waals surface area contributed by atoms with Gasteiger partial charge in [0.1, 0.15) is 0 Å². The Hall–Kier alpha value is -2.46. The predicted molar refractivity (Wildman–Crippen MR) is 135 cm³/mol. The quantitative estimate of drug-likeness (QED) is 0.199. The van der Waals surface area contributed by atoms with Crippen LogP contribution in [0.15, 0.2) is 76.0 Å². The van der Waals surface area contributed by atoms with E-state index in [1.165, 1.54) is 31.0 Å². The molecule has 31 heavy (non-hydrogen) atoms. The largest absolute Gasteiger partial charge is 0.319 e. The molecule has 1 N–H and O–H groups in total. The van der Waals surface area contributed by atoms with E-state index in [1.807, 2.05) is 25.3 Å². The molecular formula is C26H36ClN3O. The lowest BCUT2D eigenvalue weighted by Crippen LogP contribution is -2.31. The maximum atomic E-state index is 11.7. The topological polar surface area (TPSA) is 56.5 Å². The summed E-state index contributed by atoms with van der Waals surface area (Å²) in [6.45, 7) is 8.32. The molecule has 168 valence electrons. The van der Waals surface area contributed by atoms with Gasteiger partial charge in [-0.05, 0) is 61.0 Å². The Morgan fingerprint density at radius 3 is 2.52 bits per heavy atom. The highest BCUT2D eigenvalue weighted by Gasteiger charge is 2.19. The van der Waals surface area contributed by atoms with E-state index in [0.717, 1.165) is 53.7 Å². The number of allylic oxidation sites excluding steroid dienone is 9. The number of amides is 1. The summed E-state index contributed by atoms with van der Waals surface area (Å²) < 4.78 is 0. The molecule has 0 unspecified atom stereocenters. The van der Waals surface area contributed by atoms with Crippen molar-refractivity contribution in [3.8, 4) is 0 Å². The summed E-state index contributed by atoms with van der Waals surface area (Å²) in [7, 11) is 1.77. The molecule has 5 heteroatoms. The van der Waals surface area contributed by atoms with Crippen LogP contribution in [0.2, 0.25) is 0 Å². The van der Waals surface area contributed by atoms with Gasteiger partial charge in [0.05, 0.1) is 5.71 Å². The molecule has 0 spiro atoms. The summed E-state index contributed by atoms with van der Waals surface area (Å²) in [4.78, 5) is 18.0. The van der Waals surface area contributed by atoms with Crippen LogP contribution < -0.4 is 0 Å². The zero-order valence-electron chi connectivity index (χ0n) is 19.1. The summed E-state index contributed by atoms with van der Waals surface area (Å²) in [5, 5.41) is 7.66. The van der Waals surface area contributed by atoms with Gasteiger partial charge < -0.3 is 10.3 Å². The van der Waals surface area contributed by atoms with Crippen LogP contribution in [-0.2, 0) is 4.79 Å². The van der Waals surface area contributed by atoms with Crippen LogP contribution in [0.25, 0.3) is 0 Å². The smallest absolute Gasteiger partial charge is 0.213 e. The predicted octanol–water partition coefficient (Wildman–Crippen LogP) is 6.92. The zero-order valence-corrected chi connectivity index (χ0v) is 19.9. The number of nitrogens with one attached hydrogen (secondary N) is 1. The van der Waals surface area contributed by atoms with Gasteiger partial charge in [-0.3, -0.25) is 9.79 Å². The Balaban J connectivity index is 3.13. The lowest BCUT2D eigenvalue weighted by molar-refractivity contribution is -0.118. The first-order valence-electron chi connectivity index (χ1n) is 11.0. The van der Waals surface area contributed by atoms with Gasteiger partial charge in [-0.25, -0.2) is 0 Å². The lowest BCUT2D eigenvalue weighted by atomic mass is 9.91. The van der Waals surface area contributed by atoms with E-state index in [-0.39, 0.29) is 6.04 Å². The van der Waals surface area contributed by atoms with E-state index < -0.39 is 0 Å². The number of carbonyl (C=O) groups is 1. The third-order valence-electron chi connectivity index (χ3n) is 5.38. The second kappa shape index (κ2) is 15.4. The van der Waals surface area contributed by atoms with E-state index in [9.17, 15) is 4.79 Å². The Labute approximate surface area is 193 Å². The molecule has 0 radical (unpaired) electrons. The number of aliphatic imine (C=N–C) groups is 1. The number of hydrogen-bond acceptors (Lipinski definition) is 3. The van der Waals surface area contributed by atoms with E-state index in [1.54, 1.807) is 24.1 Å². The maximum Gasteiger partial charge on any atom is 0.213 e. The van der Waals surface area contributed by atoms with Gasteiger partial charge >= 0.3 is 0 Å². The highest BCUT2D eigenvalue weighted by Crippen LogP contribution is 2.25. The second-order valence-corrected chi connectivity index (χ2v) is 7.74. The van der Waals surface area contributed by atoms with Gasteiger partial charge in [0.25, 0.3) is 0 Å². The van der Waals surface area contributed by atoms with Crippen molar-refractivity contribution in [1.29, 1.82) is 5.41 Å². The number of rotatable bonds is 12. The highest BCUT2D eigenvalue weighted by atomic mass is 35.5. The minimum atomic E-state index is 0.276. The Morgan fingerprint density at radius 2 is 2.00 bits per heavy atom. The van der Waals surface area contributed by atoms with Gasteiger partial charge in [0.15, 0.2) is 0 Å². The van der Waals surface area contributed by atoms with Gasteiger partial charge in [-0.15, -0.1) is 0 Å². The third-order valence-corrected chi connectivity index (χ3v) is 5.53. The highest BCUT2D eigenvalue weighted by molar-refractivity contribution is 6.25. The molecule has 0 heterocycles.